The molecule has 3 rings (SSSR count). The van der Waals surface area contributed by atoms with E-state index in [0.717, 1.165) is 5.69 Å². The third kappa shape index (κ3) is 4.99. The van der Waals surface area contributed by atoms with Gasteiger partial charge in [-0.3, -0.25) is 0 Å². The van der Waals surface area contributed by atoms with Crippen LogP contribution in [0.3, 0.4) is 0 Å². The van der Waals surface area contributed by atoms with Crippen LogP contribution in [0.1, 0.15) is 0 Å². The minimum absolute atomic E-state index is 0.250. The van der Waals surface area contributed by atoms with Gasteiger partial charge >= 0.3 is 12.5 Å². The highest BCUT2D eigenvalue weighted by atomic mass is 19.3. The third-order valence-electron chi connectivity index (χ3n) is 4.10. The molecule has 3 nitrogen and oxygen atoms in total. The first-order chi connectivity index (χ1) is 13.8. The standard InChI is InChI=1S/C22H19F4NO2/c1-27(2)16-8-6-10-18(14-16)28-17-9-5-7-15(13-17)19-11-3-4-12-20(19)29-22(25,26)21(23)24/h3-14,21H,1-2H3. The SMILES string of the molecule is CN(C)c1cccc(Oc2cccc(-c3ccccc3OC(F)(F)C(F)F)c2)c1. The molecule has 0 aliphatic carbocycles. The summed E-state index contributed by atoms with van der Waals surface area (Å²) in [6.45, 7) is 0. The van der Waals surface area contributed by atoms with Crippen molar-refractivity contribution >= 4 is 5.69 Å². The number of benzene rings is 3. The molecule has 0 spiro atoms. The van der Waals surface area contributed by atoms with Gasteiger partial charge in [-0.15, -0.1) is 0 Å². The van der Waals surface area contributed by atoms with Crippen LogP contribution in [0.5, 0.6) is 17.2 Å². The third-order valence-corrected chi connectivity index (χ3v) is 4.10. The summed E-state index contributed by atoms with van der Waals surface area (Å²) in [5.74, 6) is 0.723. The van der Waals surface area contributed by atoms with Crippen LogP contribution in [-0.2, 0) is 0 Å². The lowest BCUT2D eigenvalue weighted by atomic mass is 10.0. The van der Waals surface area contributed by atoms with Crippen LogP contribution >= 0.6 is 0 Å². The first kappa shape index (κ1) is 20.5. The molecule has 0 amide bonds. The molecule has 3 aromatic carbocycles. The van der Waals surface area contributed by atoms with Gasteiger partial charge in [-0.05, 0) is 35.9 Å². The highest BCUT2D eigenvalue weighted by Crippen LogP contribution is 2.37. The minimum Gasteiger partial charge on any atom is -0.457 e. The molecule has 0 saturated carbocycles. The van der Waals surface area contributed by atoms with Crippen LogP contribution in [0, 0.1) is 0 Å². The zero-order valence-electron chi connectivity index (χ0n) is 15.8. The molecule has 0 bridgehead atoms. The number of alkyl halides is 4. The summed E-state index contributed by atoms with van der Waals surface area (Å²) in [5, 5.41) is 0. The summed E-state index contributed by atoms with van der Waals surface area (Å²) in [4.78, 5) is 1.93. The van der Waals surface area contributed by atoms with E-state index in [9.17, 15) is 17.6 Å². The molecule has 29 heavy (non-hydrogen) atoms. The Labute approximate surface area is 166 Å². The zero-order valence-corrected chi connectivity index (χ0v) is 15.8. The fourth-order valence-corrected chi connectivity index (χ4v) is 2.67. The Morgan fingerprint density at radius 3 is 2.17 bits per heavy atom. The Morgan fingerprint density at radius 1 is 0.828 bits per heavy atom. The van der Waals surface area contributed by atoms with Crippen molar-refractivity contribution in [2.45, 2.75) is 12.5 Å². The second kappa shape index (κ2) is 8.43. The number of para-hydroxylation sites is 1. The number of rotatable bonds is 7. The Balaban J connectivity index is 1.90. The van der Waals surface area contributed by atoms with Crippen molar-refractivity contribution in [1.82, 2.24) is 0 Å². The number of hydrogen-bond donors (Lipinski definition) is 0. The van der Waals surface area contributed by atoms with Crippen LogP contribution in [0.4, 0.5) is 23.2 Å². The van der Waals surface area contributed by atoms with Gasteiger partial charge in [0.15, 0.2) is 0 Å². The summed E-state index contributed by atoms with van der Waals surface area (Å²) in [6.07, 6.45) is -8.52. The molecule has 0 heterocycles. The lowest BCUT2D eigenvalue weighted by molar-refractivity contribution is -0.253. The monoisotopic (exact) mass is 405 g/mol. The van der Waals surface area contributed by atoms with Gasteiger partial charge in [0, 0.05) is 31.4 Å². The maximum Gasteiger partial charge on any atom is 0.461 e. The van der Waals surface area contributed by atoms with Crippen molar-refractivity contribution < 1.29 is 27.0 Å². The quantitative estimate of drug-likeness (QED) is 0.422. The lowest BCUT2D eigenvalue weighted by Gasteiger charge is -2.19. The average Bonchev–Trinajstić information content (AvgIpc) is 2.68. The van der Waals surface area contributed by atoms with Crippen molar-refractivity contribution in [1.29, 1.82) is 0 Å². The van der Waals surface area contributed by atoms with Crippen molar-refractivity contribution in [2.75, 3.05) is 19.0 Å². The molecule has 152 valence electrons. The largest absolute Gasteiger partial charge is 0.461 e. The Kier molecular flexibility index (Phi) is 5.96. The number of ether oxygens (including phenoxy) is 2. The molecule has 0 atom stereocenters. The van der Waals surface area contributed by atoms with E-state index in [0.29, 0.717) is 17.1 Å². The van der Waals surface area contributed by atoms with E-state index in [-0.39, 0.29) is 11.3 Å². The molecular formula is C22H19F4NO2. The highest BCUT2D eigenvalue weighted by Gasteiger charge is 2.44. The zero-order chi connectivity index (χ0) is 21.0. The van der Waals surface area contributed by atoms with Crippen molar-refractivity contribution in [3.05, 3.63) is 72.8 Å². The van der Waals surface area contributed by atoms with Crippen LogP contribution < -0.4 is 14.4 Å². The van der Waals surface area contributed by atoms with Gasteiger partial charge in [-0.2, -0.15) is 17.6 Å². The summed E-state index contributed by atoms with van der Waals surface area (Å²) >= 11 is 0. The topological polar surface area (TPSA) is 21.7 Å². The van der Waals surface area contributed by atoms with Gasteiger partial charge < -0.3 is 14.4 Å². The summed E-state index contributed by atoms with van der Waals surface area (Å²) < 4.78 is 62.0. The molecule has 0 saturated heterocycles. The molecule has 0 aliphatic rings. The normalized spacial score (nSPS) is 11.4. The Hall–Kier alpha value is -3.22. The van der Waals surface area contributed by atoms with Gasteiger partial charge in [-0.25, -0.2) is 0 Å². The van der Waals surface area contributed by atoms with E-state index >= 15 is 0 Å². The minimum atomic E-state index is -4.59. The Bertz CT molecular complexity index is 976. The smallest absolute Gasteiger partial charge is 0.457 e. The van der Waals surface area contributed by atoms with E-state index in [4.69, 9.17) is 4.74 Å². The number of anilines is 1. The van der Waals surface area contributed by atoms with Crippen LogP contribution in [0.2, 0.25) is 0 Å². The fourth-order valence-electron chi connectivity index (χ4n) is 2.67. The fraction of sp³-hybridized carbons (Fsp3) is 0.182. The Morgan fingerprint density at radius 2 is 1.48 bits per heavy atom. The lowest BCUT2D eigenvalue weighted by Crippen LogP contribution is -2.33. The van der Waals surface area contributed by atoms with Gasteiger partial charge in [0.2, 0.25) is 0 Å². The first-order valence-corrected chi connectivity index (χ1v) is 8.76. The van der Waals surface area contributed by atoms with E-state index in [2.05, 4.69) is 4.74 Å². The molecule has 3 aromatic rings. The second-order valence-corrected chi connectivity index (χ2v) is 6.48. The first-order valence-electron chi connectivity index (χ1n) is 8.76. The number of hydrogen-bond acceptors (Lipinski definition) is 3. The van der Waals surface area contributed by atoms with Crippen LogP contribution in [0.25, 0.3) is 11.1 Å². The average molecular weight is 405 g/mol. The molecule has 0 unspecified atom stereocenters. The number of nitrogens with zero attached hydrogens (tertiary/aromatic N) is 1. The molecule has 0 fully saturated rings. The van der Waals surface area contributed by atoms with Crippen molar-refractivity contribution in [3.8, 4) is 28.4 Å². The molecule has 0 aromatic heterocycles. The van der Waals surface area contributed by atoms with Crippen LogP contribution in [-0.4, -0.2) is 26.6 Å². The number of halogens is 4. The summed E-state index contributed by atoms with van der Waals surface area (Å²) in [6, 6.07) is 19.9. The van der Waals surface area contributed by atoms with E-state index < -0.39 is 12.5 Å². The maximum absolute atomic E-state index is 13.4. The van der Waals surface area contributed by atoms with E-state index in [1.807, 2.05) is 37.2 Å². The molecule has 0 radical (unpaired) electrons. The van der Waals surface area contributed by atoms with Gasteiger partial charge in [-0.1, -0.05) is 36.4 Å². The molecular weight excluding hydrogens is 386 g/mol. The summed E-state index contributed by atoms with van der Waals surface area (Å²) in [7, 11) is 3.82. The molecule has 7 heteroatoms. The molecule has 0 N–H and O–H groups in total. The van der Waals surface area contributed by atoms with Crippen molar-refractivity contribution in [3.63, 3.8) is 0 Å². The van der Waals surface area contributed by atoms with Gasteiger partial charge in [0.25, 0.3) is 0 Å². The van der Waals surface area contributed by atoms with Gasteiger partial charge in [0.1, 0.15) is 17.2 Å². The highest BCUT2D eigenvalue weighted by molar-refractivity contribution is 5.71. The predicted octanol–water partition coefficient (Wildman–Crippen LogP) is 6.45. The maximum atomic E-state index is 13.4. The van der Waals surface area contributed by atoms with Crippen LogP contribution in [0.15, 0.2) is 72.8 Å². The second-order valence-electron chi connectivity index (χ2n) is 6.48. The van der Waals surface area contributed by atoms with E-state index in [1.54, 1.807) is 36.4 Å². The van der Waals surface area contributed by atoms with Crippen molar-refractivity contribution in [2.24, 2.45) is 0 Å². The summed E-state index contributed by atoms with van der Waals surface area (Å²) in [5.41, 5.74) is 1.69. The molecule has 0 aliphatic heterocycles. The van der Waals surface area contributed by atoms with E-state index in [1.165, 1.54) is 18.2 Å². The van der Waals surface area contributed by atoms with Gasteiger partial charge in [0.05, 0.1) is 0 Å². The predicted molar refractivity (Wildman–Crippen MR) is 104 cm³/mol.